The summed E-state index contributed by atoms with van der Waals surface area (Å²) in [6, 6.07) is 14.8. The third kappa shape index (κ3) is 3.84. The topological polar surface area (TPSA) is 41.5 Å². The van der Waals surface area contributed by atoms with E-state index >= 15 is 0 Å². The van der Waals surface area contributed by atoms with Crippen molar-refractivity contribution in [3.63, 3.8) is 0 Å². The summed E-state index contributed by atoms with van der Waals surface area (Å²) in [4.78, 5) is 20.8. The van der Waals surface area contributed by atoms with Gasteiger partial charge < -0.3 is 5.32 Å². The maximum absolute atomic E-state index is 13.4. The Hall–Kier alpha value is -2.07. The van der Waals surface area contributed by atoms with Crippen molar-refractivity contribution < 1.29 is 4.79 Å². The van der Waals surface area contributed by atoms with Gasteiger partial charge in [0.2, 0.25) is 0 Å². The SMILES string of the molecule is CCCC1=Nc2cc(C(=O)N[C@H](C)C34CC5CC(CC(C5)C3)C4)ccc2Sc2ccccc21. The number of nitrogens with one attached hydrogen (secondary N) is 1. The number of fused-ring (bicyclic) bond motifs is 2. The molecule has 1 heterocycles. The van der Waals surface area contributed by atoms with Crippen LogP contribution in [0, 0.1) is 23.2 Å². The molecule has 0 radical (unpaired) electrons. The highest BCUT2D eigenvalue weighted by atomic mass is 32.2. The molecule has 0 unspecified atom stereocenters. The molecule has 1 N–H and O–H groups in total. The van der Waals surface area contributed by atoms with E-state index in [0.29, 0.717) is 5.41 Å². The molecule has 1 aliphatic heterocycles. The van der Waals surface area contributed by atoms with Gasteiger partial charge in [0, 0.05) is 32.7 Å². The Labute approximate surface area is 201 Å². The van der Waals surface area contributed by atoms with E-state index in [1.807, 2.05) is 12.1 Å². The minimum Gasteiger partial charge on any atom is -0.349 e. The van der Waals surface area contributed by atoms with E-state index < -0.39 is 0 Å². The Morgan fingerprint density at radius 1 is 1.06 bits per heavy atom. The average Bonchev–Trinajstić information content (AvgIpc) is 2.94. The monoisotopic (exact) mass is 458 g/mol. The van der Waals surface area contributed by atoms with Crippen LogP contribution in [0.1, 0.15) is 81.1 Å². The van der Waals surface area contributed by atoms with E-state index in [4.69, 9.17) is 4.99 Å². The smallest absolute Gasteiger partial charge is 0.251 e. The Bertz CT molecular complexity index is 1090. The summed E-state index contributed by atoms with van der Waals surface area (Å²) < 4.78 is 0. The van der Waals surface area contributed by atoms with Crippen LogP contribution >= 0.6 is 11.8 Å². The van der Waals surface area contributed by atoms with Gasteiger partial charge in [-0.2, -0.15) is 0 Å². The molecule has 3 nitrogen and oxygen atoms in total. The van der Waals surface area contributed by atoms with Crippen LogP contribution in [0.25, 0.3) is 0 Å². The normalized spacial score (nSPS) is 30.1. The molecule has 5 aliphatic rings. The molecule has 0 aromatic heterocycles. The molecule has 33 heavy (non-hydrogen) atoms. The fourth-order valence-corrected chi connectivity index (χ4v) is 8.54. The first-order chi connectivity index (χ1) is 16.0. The molecule has 2 aromatic carbocycles. The van der Waals surface area contributed by atoms with Gasteiger partial charge in [0.15, 0.2) is 0 Å². The van der Waals surface area contributed by atoms with Crippen LogP contribution in [0.5, 0.6) is 0 Å². The van der Waals surface area contributed by atoms with E-state index in [1.54, 1.807) is 11.8 Å². The lowest BCUT2D eigenvalue weighted by atomic mass is 9.48. The molecule has 4 fully saturated rings. The first-order valence-corrected chi connectivity index (χ1v) is 13.6. The highest BCUT2D eigenvalue weighted by Crippen LogP contribution is 2.61. The third-order valence-electron chi connectivity index (χ3n) is 8.73. The predicted molar refractivity (Wildman–Crippen MR) is 136 cm³/mol. The van der Waals surface area contributed by atoms with Gasteiger partial charge in [-0.1, -0.05) is 43.3 Å². The lowest BCUT2D eigenvalue weighted by Gasteiger charge is -2.59. The Kier molecular flexibility index (Phi) is 5.40. The molecule has 4 heteroatoms. The lowest BCUT2D eigenvalue weighted by Crippen LogP contribution is -2.55. The molecule has 4 saturated carbocycles. The van der Waals surface area contributed by atoms with E-state index in [1.165, 1.54) is 49.0 Å². The molecule has 4 aliphatic carbocycles. The molecule has 0 spiro atoms. The summed E-state index contributed by atoms with van der Waals surface area (Å²) in [6.07, 6.45) is 10.2. The number of carbonyl (C=O) groups excluding carboxylic acids is 1. The van der Waals surface area contributed by atoms with E-state index in [2.05, 4.69) is 49.5 Å². The Morgan fingerprint density at radius 3 is 2.45 bits per heavy atom. The Morgan fingerprint density at radius 2 is 1.76 bits per heavy atom. The number of aliphatic imine (C=N–C) groups is 1. The van der Waals surface area contributed by atoms with Gasteiger partial charge >= 0.3 is 0 Å². The zero-order chi connectivity index (χ0) is 22.6. The first-order valence-electron chi connectivity index (χ1n) is 12.8. The van der Waals surface area contributed by atoms with Gasteiger partial charge in [0.25, 0.3) is 5.91 Å². The molecule has 2 aromatic rings. The minimum atomic E-state index is 0.0556. The molecular formula is C29H34N2OS. The second-order valence-electron chi connectivity index (χ2n) is 11.1. The van der Waals surface area contributed by atoms with Crippen molar-refractivity contribution in [1.29, 1.82) is 0 Å². The molecule has 4 bridgehead atoms. The largest absolute Gasteiger partial charge is 0.349 e. The van der Waals surface area contributed by atoms with E-state index in [0.717, 1.165) is 52.5 Å². The molecule has 1 amide bonds. The van der Waals surface area contributed by atoms with Gasteiger partial charge in [-0.15, -0.1) is 0 Å². The van der Waals surface area contributed by atoms with Crippen LogP contribution in [-0.4, -0.2) is 17.7 Å². The van der Waals surface area contributed by atoms with Crippen molar-refractivity contribution >= 4 is 29.1 Å². The molecule has 0 saturated heterocycles. The number of amides is 1. The first kappa shape index (κ1) is 21.5. The van der Waals surface area contributed by atoms with E-state index in [-0.39, 0.29) is 11.9 Å². The van der Waals surface area contributed by atoms with Gasteiger partial charge in [-0.3, -0.25) is 9.79 Å². The standard InChI is InChI=1S/C29H34N2OS/c1-3-6-24-23-7-4-5-8-26(23)33-27-10-9-22(14-25(27)31-24)28(32)30-18(2)29-15-19-11-20(16-29)13-21(12-19)17-29/h4-5,7-10,14,18-21H,3,6,11-13,15-17H2,1-2H3,(H,30,32)/t18-,19?,20?,21?,29?/m1/s1. The zero-order valence-corrected chi connectivity index (χ0v) is 20.6. The van der Waals surface area contributed by atoms with Gasteiger partial charge in [-0.05, 0) is 99.3 Å². The van der Waals surface area contributed by atoms with Crippen molar-refractivity contribution in [2.24, 2.45) is 28.2 Å². The van der Waals surface area contributed by atoms with Crippen LogP contribution in [0.2, 0.25) is 0 Å². The number of nitrogens with zero attached hydrogens (tertiary/aromatic N) is 1. The molecule has 1 atom stereocenters. The van der Waals surface area contributed by atoms with Crippen LogP contribution in [0.3, 0.4) is 0 Å². The van der Waals surface area contributed by atoms with Crippen molar-refractivity contribution in [1.82, 2.24) is 5.32 Å². The van der Waals surface area contributed by atoms with Crippen molar-refractivity contribution in [2.75, 3.05) is 0 Å². The van der Waals surface area contributed by atoms with Crippen LogP contribution in [0.4, 0.5) is 5.69 Å². The van der Waals surface area contributed by atoms with Crippen molar-refractivity contribution in [3.8, 4) is 0 Å². The molecule has 7 rings (SSSR count). The highest BCUT2D eigenvalue weighted by molar-refractivity contribution is 7.99. The summed E-state index contributed by atoms with van der Waals surface area (Å²) in [5.41, 5.74) is 4.33. The summed E-state index contributed by atoms with van der Waals surface area (Å²) in [7, 11) is 0. The number of hydrogen-bond donors (Lipinski definition) is 1. The maximum Gasteiger partial charge on any atom is 0.251 e. The van der Waals surface area contributed by atoms with Gasteiger partial charge in [-0.25, -0.2) is 0 Å². The highest BCUT2D eigenvalue weighted by Gasteiger charge is 2.53. The maximum atomic E-state index is 13.4. The second kappa shape index (κ2) is 8.30. The van der Waals surface area contributed by atoms with Gasteiger partial charge in [0.1, 0.15) is 0 Å². The van der Waals surface area contributed by atoms with Crippen molar-refractivity contribution in [2.45, 2.75) is 81.0 Å². The lowest BCUT2D eigenvalue weighted by molar-refractivity contribution is -0.0688. The van der Waals surface area contributed by atoms with Crippen LogP contribution < -0.4 is 5.32 Å². The number of rotatable bonds is 5. The fraction of sp³-hybridized carbons (Fsp3) is 0.517. The summed E-state index contributed by atoms with van der Waals surface area (Å²) in [6.45, 7) is 4.46. The fourth-order valence-electron chi connectivity index (χ4n) is 7.52. The Balaban J connectivity index is 1.25. The quantitative estimate of drug-likeness (QED) is 0.507. The average molecular weight is 459 g/mol. The van der Waals surface area contributed by atoms with Gasteiger partial charge in [0.05, 0.1) is 5.69 Å². The number of hydrogen-bond acceptors (Lipinski definition) is 3. The van der Waals surface area contributed by atoms with Crippen molar-refractivity contribution in [3.05, 3.63) is 53.6 Å². The molecular weight excluding hydrogens is 424 g/mol. The second-order valence-corrected chi connectivity index (χ2v) is 12.1. The summed E-state index contributed by atoms with van der Waals surface area (Å²) in [5.74, 6) is 2.74. The number of carbonyl (C=O) groups is 1. The minimum absolute atomic E-state index is 0.0556. The molecule has 172 valence electrons. The predicted octanol–water partition coefficient (Wildman–Crippen LogP) is 7.41. The summed E-state index contributed by atoms with van der Waals surface area (Å²) >= 11 is 1.76. The van der Waals surface area contributed by atoms with Crippen LogP contribution in [-0.2, 0) is 0 Å². The zero-order valence-electron chi connectivity index (χ0n) is 19.8. The van der Waals surface area contributed by atoms with Crippen LogP contribution in [0.15, 0.2) is 57.2 Å². The van der Waals surface area contributed by atoms with E-state index in [9.17, 15) is 4.79 Å². The number of benzene rings is 2. The third-order valence-corrected chi connectivity index (χ3v) is 9.87. The summed E-state index contributed by atoms with van der Waals surface area (Å²) in [5, 5.41) is 3.43.